The van der Waals surface area contributed by atoms with Gasteiger partial charge in [-0.15, -0.1) is 0 Å². The van der Waals surface area contributed by atoms with E-state index in [9.17, 15) is 20.1 Å². The van der Waals surface area contributed by atoms with Crippen molar-refractivity contribution >= 4 is 12.0 Å². The van der Waals surface area contributed by atoms with Crippen LogP contribution in [0, 0.1) is 29.8 Å². The molecule has 2 bridgehead atoms. The van der Waals surface area contributed by atoms with Gasteiger partial charge in [-0.05, 0) is 65.6 Å². The van der Waals surface area contributed by atoms with Crippen molar-refractivity contribution in [1.82, 2.24) is 4.90 Å². The summed E-state index contributed by atoms with van der Waals surface area (Å²) in [6, 6.07) is 11.1. The number of nitrogens with zero attached hydrogens (tertiary/aromatic N) is 2. The molecule has 10 heteroatoms. The minimum absolute atomic E-state index is 0.00529. The summed E-state index contributed by atoms with van der Waals surface area (Å²) in [5, 5.41) is 31.6. The lowest BCUT2D eigenvalue weighted by molar-refractivity contribution is -0.121. The van der Waals surface area contributed by atoms with Gasteiger partial charge in [0.25, 0.3) is 0 Å². The molecule has 0 spiro atoms. The number of benzene rings is 2. The molecule has 0 radical (unpaired) electrons. The van der Waals surface area contributed by atoms with Crippen LogP contribution in [0.3, 0.4) is 0 Å². The van der Waals surface area contributed by atoms with Crippen LogP contribution in [0.1, 0.15) is 80.0 Å². The van der Waals surface area contributed by atoms with Crippen molar-refractivity contribution in [3.8, 4) is 35.4 Å². The summed E-state index contributed by atoms with van der Waals surface area (Å²) in [5.41, 5.74) is 18.1. The maximum Gasteiger partial charge on any atom is 0.187 e. The average molecular weight is 651 g/mol. The van der Waals surface area contributed by atoms with Crippen LogP contribution in [-0.4, -0.2) is 57.2 Å². The van der Waals surface area contributed by atoms with Gasteiger partial charge in [0.15, 0.2) is 17.7 Å². The summed E-state index contributed by atoms with van der Waals surface area (Å²) in [7, 11) is 0. The summed E-state index contributed by atoms with van der Waals surface area (Å²) in [5.74, 6) is 9.82. The van der Waals surface area contributed by atoms with Gasteiger partial charge in [-0.1, -0.05) is 55.4 Å². The fourth-order valence-electron chi connectivity index (χ4n) is 6.54. The molecule has 0 fully saturated rings. The van der Waals surface area contributed by atoms with Crippen molar-refractivity contribution in [3.05, 3.63) is 81.7 Å². The molecule has 0 amide bonds. The Morgan fingerprint density at radius 3 is 2.79 bits per heavy atom. The molecule has 4 aliphatic rings. The Morgan fingerprint density at radius 2 is 1.98 bits per heavy atom. The van der Waals surface area contributed by atoms with E-state index in [1.54, 1.807) is 6.07 Å². The molecule has 0 aliphatic carbocycles. The Labute approximate surface area is 281 Å². The number of nitrogens with two attached hydrogens (primary N) is 2. The van der Waals surface area contributed by atoms with Crippen molar-refractivity contribution in [3.63, 3.8) is 0 Å². The maximum atomic E-state index is 12.7. The van der Waals surface area contributed by atoms with Gasteiger partial charge >= 0.3 is 0 Å². The van der Waals surface area contributed by atoms with Crippen LogP contribution < -0.4 is 20.9 Å². The van der Waals surface area contributed by atoms with Crippen LogP contribution in [0.5, 0.6) is 11.5 Å². The number of carbonyl (C=O) groups excluding carboxylic acids is 1. The molecule has 0 saturated heterocycles. The first-order valence-corrected chi connectivity index (χ1v) is 16.6. The second kappa shape index (κ2) is 14.8. The highest BCUT2D eigenvalue weighted by Crippen LogP contribution is 2.38. The van der Waals surface area contributed by atoms with E-state index in [0.717, 1.165) is 40.0 Å². The van der Waals surface area contributed by atoms with Crippen LogP contribution in [0.15, 0.2) is 64.4 Å². The molecule has 4 aliphatic heterocycles. The number of rotatable bonds is 10. The first-order chi connectivity index (χ1) is 23.2. The van der Waals surface area contributed by atoms with E-state index in [4.69, 9.17) is 25.9 Å². The summed E-state index contributed by atoms with van der Waals surface area (Å²) >= 11 is 0. The van der Waals surface area contributed by atoms with Crippen molar-refractivity contribution in [1.29, 1.82) is 0 Å². The Morgan fingerprint density at radius 1 is 1.12 bits per heavy atom. The second-order valence-corrected chi connectivity index (χ2v) is 12.9. The summed E-state index contributed by atoms with van der Waals surface area (Å²) < 4.78 is 12.5. The Hall–Kier alpha value is -4.42. The lowest BCUT2D eigenvalue weighted by Crippen LogP contribution is -2.41. The number of allylic oxidation sites excluding steroid dienone is 1. The number of hydrogen-bond acceptors (Lipinski definition) is 10. The lowest BCUT2D eigenvalue weighted by Gasteiger charge is -2.32. The molecule has 48 heavy (non-hydrogen) atoms. The summed E-state index contributed by atoms with van der Waals surface area (Å²) in [6.45, 7) is 2.52. The summed E-state index contributed by atoms with van der Waals surface area (Å²) in [4.78, 5) is 19.5. The number of aliphatic hydroxyl groups is 3. The topological polar surface area (TPSA) is 164 Å². The lowest BCUT2D eigenvalue weighted by atomic mass is 9.92. The zero-order valence-corrected chi connectivity index (χ0v) is 27.1. The number of ketones is 1. The number of aliphatic imine (C=N–C) groups is 1. The average Bonchev–Trinajstić information content (AvgIpc) is 3.65. The predicted molar refractivity (Wildman–Crippen MR) is 181 cm³/mol. The van der Waals surface area contributed by atoms with Gasteiger partial charge in [-0.2, -0.15) is 0 Å². The van der Waals surface area contributed by atoms with E-state index in [0.29, 0.717) is 49.3 Å². The number of aryl methyl sites for hydroxylation is 1. The minimum Gasteiger partial charge on any atom is -0.465 e. The minimum atomic E-state index is -1.06. The van der Waals surface area contributed by atoms with Crippen LogP contribution in [0.25, 0.3) is 0 Å². The van der Waals surface area contributed by atoms with Crippen molar-refractivity contribution in [2.75, 3.05) is 6.54 Å². The molecule has 4 heterocycles. The summed E-state index contributed by atoms with van der Waals surface area (Å²) in [6.07, 6.45) is 6.04. The maximum absolute atomic E-state index is 12.7. The number of fused-ring (bicyclic) bond motifs is 5. The largest absolute Gasteiger partial charge is 0.465 e. The number of hydrogen-bond donors (Lipinski definition) is 5. The standard InChI is InChI=1S/C38H42N4O6/c1-2-4-28(43)18-30(45)19-29(44)10-6-23-7-13-35-36(15-23)48-38-24(5-3-14-47-35)9-12-34(46)31-11-8-25(37(39)40)16-26(31)17-27-20-41-33-22-42(38)21-32(27)33/h7-8,11,13,15-16,20,22,24,28,30,34,37-38,43,45-46H,2,4-6,10,17-19,21,39-40H2,1H3/t24-,28-,30+,34+,38+/m0/s1. The second-order valence-electron chi connectivity index (χ2n) is 12.9. The zero-order valence-electron chi connectivity index (χ0n) is 27.1. The highest BCUT2D eigenvalue weighted by Gasteiger charge is 2.35. The van der Waals surface area contributed by atoms with E-state index in [1.165, 1.54) is 0 Å². The molecular formula is C38H42N4O6. The molecule has 0 unspecified atom stereocenters. The molecule has 2 aromatic rings. The van der Waals surface area contributed by atoms with Crippen molar-refractivity contribution in [2.24, 2.45) is 22.4 Å². The van der Waals surface area contributed by atoms with E-state index in [-0.39, 0.29) is 25.0 Å². The SMILES string of the molecule is CCC[C@H](O)C[C@@H](O)CC(=O)CCc1ccc2c(c1)O[C@@H]1[C@H](C#C[C@@H](O)c3ccc(C(N)N)cc3CC3=C4CN1C=C4N=C3)CC#CO2. The van der Waals surface area contributed by atoms with Gasteiger partial charge in [0.1, 0.15) is 18.0 Å². The van der Waals surface area contributed by atoms with Gasteiger partial charge < -0.3 is 41.2 Å². The number of aliphatic hydroxyl groups excluding tert-OH is 3. The normalized spacial score (nSPS) is 21.9. The monoisotopic (exact) mass is 650 g/mol. The molecule has 0 saturated carbocycles. The molecule has 7 N–H and O–H groups in total. The molecule has 250 valence electrons. The smallest absolute Gasteiger partial charge is 0.187 e. The molecular weight excluding hydrogens is 608 g/mol. The first-order valence-electron chi connectivity index (χ1n) is 16.6. The Kier molecular flexibility index (Phi) is 10.3. The van der Waals surface area contributed by atoms with Crippen LogP contribution in [0.4, 0.5) is 0 Å². The number of ether oxygens (including phenoxy) is 2. The molecule has 2 aromatic carbocycles. The fraction of sp³-hybridized carbons (Fsp3) is 0.421. The Balaban J connectivity index is 1.27. The number of Topliss-reactive ketones (excluding diaryl/α,β-unsaturated/α-hetero) is 1. The third kappa shape index (κ3) is 7.65. The molecule has 5 atom stereocenters. The highest BCUT2D eigenvalue weighted by atomic mass is 16.5. The molecule has 10 nitrogen and oxygen atoms in total. The van der Waals surface area contributed by atoms with Crippen molar-refractivity contribution in [2.45, 2.75) is 89.0 Å². The van der Waals surface area contributed by atoms with Gasteiger partial charge in [0.2, 0.25) is 0 Å². The van der Waals surface area contributed by atoms with Gasteiger partial charge in [-0.25, -0.2) is 0 Å². The fourth-order valence-corrected chi connectivity index (χ4v) is 6.54. The number of carbonyl (C=O) groups is 1. The predicted octanol–water partition coefficient (Wildman–Crippen LogP) is 3.30. The molecule has 0 aromatic heterocycles. The van der Waals surface area contributed by atoms with Gasteiger partial charge in [0.05, 0.1) is 30.0 Å². The van der Waals surface area contributed by atoms with Crippen molar-refractivity contribution < 1.29 is 29.6 Å². The third-order valence-corrected chi connectivity index (χ3v) is 9.12. The van der Waals surface area contributed by atoms with Gasteiger partial charge in [-0.3, -0.25) is 9.79 Å². The van der Waals surface area contributed by atoms with E-state index in [2.05, 4.69) is 28.8 Å². The Bertz CT molecular complexity index is 1770. The zero-order chi connectivity index (χ0) is 33.8. The molecule has 6 rings (SSSR count). The van der Waals surface area contributed by atoms with Crippen LogP contribution in [-0.2, 0) is 17.6 Å². The third-order valence-electron chi connectivity index (χ3n) is 9.12. The van der Waals surface area contributed by atoms with E-state index < -0.39 is 36.6 Å². The quantitative estimate of drug-likeness (QED) is 0.192. The van der Waals surface area contributed by atoms with E-state index >= 15 is 0 Å². The van der Waals surface area contributed by atoms with Crippen LogP contribution >= 0.6 is 0 Å². The first kappa shape index (κ1) is 33.5. The van der Waals surface area contributed by atoms with E-state index in [1.807, 2.05) is 49.7 Å². The van der Waals surface area contributed by atoms with Crippen LogP contribution in [0.2, 0.25) is 0 Å². The van der Waals surface area contributed by atoms with Gasteiger partial charge in [0, 0.05) is 43.8 Å². The highest BCUT2D eigenvalue weighted by molar-refractivity contribution is 5.87.